The zero-order valence-electron chi connectivity index (χ0n) is 19.4. The number of nitrogens with one attached hydrogen (secondary N) is 1. The number of aromatic amines is 1. The summed E-state index contributed by atoms with van der Waals surface area (Å²) in [5.74, 6) is -0.0988. The van der Waals surface area contributed by atoms with Gasteiger partial charge in [-0.3, -0.25) is 9.36 Å². The van der Waals surface area contributed by atoms with Gasteiger partial charge in [-0.2, -0.15) is 9.97 Å². The molecule has 0 aliphatic carbocycles. The van der Waals surface area contributed by atoms with Gasteiger partial charge in [-0.05, 0) is 69.6 Å². The number of H-pyrrole nitrogens is 1. The van der Waals surface area contributed by atoms with Gasteiger partial charge in [0.2, 0.25) is 0 Å². The van der Waals surface area contributed by atoms with Crippen LogP contribution < -0.4 is 16.2 Å². The minimum Gasteiger partial charge on any atom is -0.463 e. The molecule has 1 saturated heterocycles. The molecule has 0 unspecified atom stereocenters. The zero-order chi connectivity index (χ0) is 24.1. The lowest BCUT2D eigenvalue weighted by atomic mass is 9.89. The first-order valence-electron chi connectivity index (χ1n) is 11.9. The topological polar surface area (TPSA) is 119 Å². The zero-order valence-corrected chi connectivity index (χ0v) is 19.4. The second kappa shape index (κ2) is 10.8. The molecule has 2 aromatic heterocycles. The Bertz CT molecular complexity index is 1180. The number of nitrogens with zero attached hydrogens (tertiary/aromatic N) is 4. The number of ether oxygens (including phenoxy) is 1. The number of imidazole rings is 1. The van der Waals surface area contributed by atoms with Gasteiger partial charge in [-0.25, -0.2) is 9.18 Å². The summed E-state index contributed by atoms with van der Waals surface area (Å²) in [6.07, 6.45) is 4.16. The number of fused-ring (bicyclic) bond motifs is 1. The fourth-order valence-corrected chi connectivity index (χ4v) is 4.33. The number of rotatable bonds is 10. The van der Waals surface area contributed by atoms with Gasteiger partial charge in [0.15, 0.2) is 17.2 Å². The number of piperidine rings is 1. The molecule has 3 aromatic rings. The summed E-state index contributed by atoms with van der Waals surface area (Å²) < 4.78 is 20.3. The van der Waals surface area contributed by atoms with Crippen LogP contribution >= 0.6 is 0 Å². The van der Waals surface area contributed by atoms with Crippen molar-refractivity contribution in [3.63, 3.8) is 0 Å². The van der Waals surface area contributed by atoms with Gasteiger partial charge in [0.05, 0.1) is 6.61 Å². The quantitative estimate of drug-likeness (QED) is 0.345. The maximum Gasteiger partial charge on any atom is 0.327 e. The first kappa shape index (κ1) is 23.9. The molecule has 182 valence electrons. The number of benzene rings is 1. The molecule has 1 aliphatic rings. The number of aryl methyl sites for hydroxylation is 1. The van der Waals surface area contributed by atoms with Gasteiger partial charge in [-0.15, -0.1) is 0 Å². The number of anilines is 1. The maximum atomic E-state index is 13.1. The van der Waals surface area contributed by atoms with E-state index in [1.807, 2.05) is 0 Å². The van der Waals surface area contributed by atoms with E-state index in [1.54, 1.807) is 16.7 Å². The average molecular weight is 471 g/mol. The number of Topliss-reactive ketones (excluding diaryl/α,β-unsaturated/α-hetero) is 1. The van der Waals surface area contributed by atoms with Crippen LogP contribution in [0.3, 0.4) is 0 Å². The largest absolute Gasteiger partial charge is 0.463 e. The van der Waals surface area contributed by atoms with E-state index >= 15 is 0 Å². The van der Waals surface area contributed by atoms with Crippen LogP contribution in [0.1, 0.15) is 49.4 Å². The monoisotopic (exact) mass is 470 g/mol. The van der Waals surface area contributed by atoms with Crippen molar-refractivity contribution in [2.75, 3.05) is 32.0 Å². The van der Waals surface area contributed by atoms with Crippen molar-refractivity contribution in [1.82, 2.24) is 24.4 Å². The number of halogens is 1. The summed E-state index contributed by atoms with van der Waals surface area (Å²) in [6, 6.07) is 5.94. The molecule has 3 heterocycles. The van der Waals surface area contributed by atoms with E-state index in [4.69, 9.17) is 10.5 Å². The first-order valence-corrected chi connectivity index (χ1v) is 11.9. The van der Waals surface area contributed by atoms with E-state index < -0.39 is 0 Å². The Labute approximate surface area is 197 Å². The minimum absolute atomic E-state index is 0.0382. The molecule has 0 amide bonds. The van der Waals surface area contributed by atoms with Crippen molar-refractivity contribution in [1.29, 1.82) is 0 Å². The highest BCUT2D eigenvalue weighted by Gasteiger charge is 2.25. The molecule has 4 rings (SSSR count). The van der Waals surface area contributed by atoms with Crippen LogP contribution in [-0.2, 0) is 6.54 Å². The Balaban J connectivity index is 1.32. The summed E-state index contributed by atoms with van der Waals surface area (Å²) in [6.45, 7) is 5.47. The number of nitrogens with two attached hydrogens (primary N) is 1. The number of ketones is 1. The van der Waals surface area contributed by atoms with Gasteiger partial charge in [0.1, 0.15) is 11.3 Å². The van der Waals surface area contributed by atoms with Crippen LogP contribution in [0.2, 0.25) is 0 Å². The summed E-state index contributed by atoms with van der Waals surface area (Å²) in [4.78, 5) is 38.7. The summed E-state index contributed by atoms with van der Waals surface area (Å²) in [5.41, 5.74) is 7.18. The average Bonchev–Trinajstić information content (AvgIpc) is 3.15. The Morgan fingerprint density at radius 2 is 1.91 bits per heavy atom. The van der Waals surface area contributed by atoms with Gasteiger partial charge in [0, 0.05) is 18.0 Å². The number of hydrogen-bond donors (Lipinski definition) is 2. The molecular formula is C24H31FN6O3. The second-order valence-electron chi connectivity index (χ2n) is 8.71. The first-order chi connectivity index (χ1) is 16.5. The molecular weight excluding hydrogens is 439 g/mol. The standard InChI is InChI=1S/C24H31FN6O3/c1-2-3-15-34-23-28-21(26)19-22(29-23)31(24(33)27-19)12-4-11-30-13-9-17(10-14-30)20(32)16-5-7-18(25)8-6-16/h5-8,17H,2-4,9-15H2,1H3,(H,27,33)(H2,26,28,29). The summed E-state index contributed by atoms with van der Waals surface area (Å²) >= 11 is 0. The lowest BCUT2D eigenvalue weighted by molar-refractivity contribution is 0.0838. The van der Waals surface area contributed by atoms with E-state index in [0.717, 1.165) is 51.7 Å². The van der Waals surface area contributed by atoms with Crippen LogP contribution in [0.15, 0.2) is 29.1 Å². The molecule has 34 heavy (non-hydrogen) atoms. The molecule has 1 aromatic carbocycles. The highest BCUT2D eigenvalue weighted by atomic mass is 19.1. The van der Waals surface area contributed by atoms with Crippen molar-refractivity contribution in [3.05, 3.63) is 46.1 Å². The number of aromatic nitrogens is 4. The normalized spacial score (nSPS) is 15.1. The third kappa shape index (κ3) is 5.44. The van der Waals surface area contributed by atoms with E-state index in [1.165, 1.54) is 12.1 Å². The second-order valence-corrected chi connectivity index (χ2v) is 8.71. The van der Waals surface area contributed by atoms with Crippen molar-refractivity contribution in [2.45, 2.75) is 45.6 Å². The minimum atomic E-state index is -0.338. The fourth-order valence-electron chi connectivity index (χ4n) is 4.33. The van der Waals surface area contributed by atoms with Crippen LogP contribution in [0.5, 0.6) is 6.01 Å². The van der Waals surface area contributed by atoms with Gasteiger partial charge < -0.3 is 20.4 Å². The summed E-state index contributed by atoms with van der Waals surface area (Å²) in [7, 11) is 0. The highest BCUT2D eigenvalue weighted by Crippen LogP contribution is 2.23. The number of nitrogen functional groups attached to an aromatic ring is 1. The molecule has 1 fully saturated rings. The molecule has 9 nitrogen and oxygen atoms in total. The number of unbranched alkanes of at least 4 members (excludes halogenated alkanes) is 1. The predicted octanol–water partition coefficient (Wildman–Crippen LogP) is 3.00. The van der Waals surface area contributed by atoms with Gasteiger partial charge in [-0.1, -0.05) is 13.3 Å². The Hall–Kier alpha value is -3.27. The number of hydrogen-bond acceptors (Lipinski definition) is 7. The van der Waals surface area contributed by atoms with Crippen LogP contribution in [0.4, 0.5) is 10.2 Å². The van der Waals surface area contributed by atoms with Crippen LogP contribution in [0.25, 0.3) is 11.2 Å². The number of likely N-dealkylation sites (tertiary alicyclic amines) is 1. The van der Waals surface area contributed by atoms with Crippen molar-refractivity contribution < 1.29 is 13.9 Å². The molecule has 0 radical (unpaired) electrons. The highest BCUT2D eigenvalue weighted by molar-refractivity contribution is 5.97. The molecule has 1 aliphatic heterocycles. The third-order valence-electron chi connectivity index (χ3n) is 6.30. The summed E-state index contributed by atoms with van der Waals surface area (Å²) in [5, 5.41) is 0. The Kier molecular flexibility index (Phi) is 7.56. The molecule has 0 spiro atoms. The van der Waals surface area contributed by atoms with E-state index in [0.29, 0.717) is 29.9 Å². The third-order valence-corrected chi connectivity index (χ3v) is 6.30. The fraction of sp³-hybridized carbons (Fsp3) is 0.500. The predicted molar refractivity (Wildman–Crippen MR) is 127 cm³/mol. The molecule has 3 N–H and O–H groups in total. The van der Waals surface area contributed by atoms with Gasteiger partial charge in [0.25, 0.3) is 0 Å². The lowest BCUT2D eigenvalue weighted by Gasteiger charge is -2.31. The van der Waals surface area contributed by atoms with Crippen LogP contribution in [0, 0.1) is 11.7 Å². The van der Waals surface area contributed by atoms with Crippen molar-refractivity contribution in [3.8, 4) is 6.01 Å². The Morgan fingerprint density at radius 1 is 1.18 bits per heavy atom. The van der Waals surface area contributed by atoms with E-state index in [9.17, 15) is 14.0 Å². The SMILES string of the molecule is CCCCOc1nc(N)c2[nH]c(=O)n(CCCN3CCC(C(=O)c4ccc(F)cc4)CC3)c2n1. The van der Waals surface area contributed by atoms with Crippen molar-refractivity contribution in [2.24, 2.45) is 5.92 Å². The maximum absolute atomic E-state index is 13.1. The molecule has 0 bridgehead atoms. The smallest absolute Gasteiger partial charge is 0.327 e. The Morgan fingerprint density at radius 3 is 2.62 bits per heavy atom. The lowest BCUT2D eigenvalue weighted by Crippen LogP contribution is -2.37. The van der Waals surface area contributed by atoms with Crippen LogP contribution in [-0.4, -0.2) is 56.4 Å². The molecule has 0 saturated carbocycles. The molecule has 10 heteroatoms. The number of carbonyl (C=O) groups excluding carboxylic acids is 1. The molecule has 0 atom stereocenters. The van der Waals surface area contributed by atoms with E-state index in [2.05, 4.69) is 26.8 Å². The van der Waals surface area contributed by atoms with Crippen molar-refractivity contribution >= 4 is 22.8 Å². The number of carbonyl (C=O) groups is 1. The van der Waals surface area contributed by atoms with E-state index in [-0.39, 0.29) is 35.0 Å². The van der Waals surface area contributed by atoms with Gasteiger partial charge >= 0.3 is 11.7 Å².